The molecule has 0 radical (unpaired) electrons. The smallest absolute Gasteiger partial charge is 0.419 e. The molecule has 0 unspecified atom stereocenters. The Bertz CT molecular complexity index is 1750. The van der Waals surface area contributed by atoms with Crippen LogP contribution in [0.5, 0.6) is 0 Å². The maximum absolute atomic E-state index is 13.7. The van der Waals surface area contributed by atoms with Gasteiger partial charge >= 0.3 is 12.2 Å². The van der Waals surface area contributed by atoms with Crippen molar-refractivity contribution in [3.8, 4) is 0 Å². The maximum atomic E-state index is 13.7. The highest BCUT2D eigenvalue weighted by Crippen LogP contribution is 2.33. The van der Waals surface area contributed by atoms with Gasteiger partial charge in [0.15, 0.2) is 0 Å². The first-order valence-electron chi connectivity index (χ1n) is 18.1. The molecule has 1 N–H and O–H groups in total. The van der Waals surface area contributed by atoms with Gasteiger partial charge in [-0.1, -0.05) is 51.5 Å². The molecule has 6 rings (SSSR count). The topological polar surface area (TPSA) is 107 Å². The molecule has 1 amide bonds. The fourth-order valence-corrected chi connectivity index (χ4v) is 5.99. The van der Waals surface area contributed by atoms with Crippen LogP contribution < -0.4 is 5.32 Å². The third-order valence-electron chi connectivity index (χ3n) is 8.21. The molecule has 2 aliphatic heterocycles. The molecule has 1 aliphatic carbocycles. The first kappa shape index (κ1) is 38.3. The van der Waals surface area contributed by atoms with Gasteiger partial charge in [0, 0.05) is 35.6 Å². The van der Waals surface area contributed by atoms with Crippen LogP contribution in [-0.4, -0.2) is 66.0 Å². The highest BCUT2D eigenvalue weighted by atomic mass is 16.6. The van der Waals surface area contributed by atoms with E-state index >= 15 is 0 Å². The molecular weight excluding hydrogens is 630 g/mol. The van der Waals surface area contributed by atoms with E-state index in [9.17, 15) is 9.59 Å². The second-order valence-electron chi connectivity index (χ2n) is 14.6. The summed E-state index contributed by atoms with van der Waals surface area (Å²) in [5.74, 6) is 0.430. The van der Waals surface area contributed by atoms with E-state index in [1.54, 1.807) is 9.47 Å². The predicted octanol–water partition coefficient (Wildman–Crippen LogP) is 8.66. The molecule has 0 spiro atoms. The third-order valence-corrected chi connectivity index (χ3v) is 8.21. The van der Waals surface area contributed by atoms with Crippen LogP contribution in [0.1, 0.15) is 112 Å². The molecule has 2 aromatic heterocycles. The number of aromatic nitrogens is 4. The SMILES string of the molecule is CC.CC.CC1=CN2CNC=C2C(c2cn(Cc3ccc4cc(CN(CC5CCC5)C(=O)OC(C)(C)C)n(C(=O)OC(C)(C)C)c4c3)nn2)=C1. The fourth-order valence-electron chi connectivity index (χ4n) is 5.99. The summed E-state index contributed by atoms with van der Waals surface area (Å²) in [5, 5.41) is 13.1. The lowest BCUT2D eigenvalue weighted by molar-refractivity contribution is 0.0163. The molecule has 0 bridgehead atoms. The number of benzene rings is 1. The second-order valence-corrected chi connectivity index (χ2v) is 14.6. The molecule has 1 fully saturated rings. The Hall–Kier alpha value is -4.54. The fraction of sp³-hybridized carbons (Fsp3) is 0.538. The number of carbonyl (C=O) groups is 2. The zero-order chi connectivity index (χ0) is 36.8. The summed E-state index contributed by atoms with van der Waals surface area (Å²) in [6, 6.07) is 7.99. The Morgan fingerprint density at radius 3 is 2.34 bits per heavy atom. The molecule has 50 heavy (non-hydrogen) atoms. The molecule has 3 aliphatic rings. The molecular formula is C39H57N7O4. The van der Waals surface area contributed by atoms with E-state index < -0.39 is 17.3 Å². The van der Waals surface area contributed by atoms with Crippen molar-refractivity contribution in [2.24, 2.45) is 5.92 Å². The first-order valence-corrected chi connectivity index (χ1v) is 18.1. The maximum Gasteiger partial charge on any atom is 0.419 e. The van der Waals surface area contributed by atoms with Crippen LogP contribution >= 0.6 is 0 Å². The minimum Gasteiger partial charge on any atom is -0.444 e. The van der Waals surface area contributed by atoms with Gasteiger partial charge in [0.1, 0.15) is 16.9 Å². The van der Waals surface area contributed by atoms with Gasteiger partial charge in [0.25, 0.3) is 0 Å². The van der Waals surface area contributed by atoms with Crippen LogP contribution in [0, 0.1) is 5.92 Å². The van der Waals surface area contributed by atoms with Crippen LogP contribution in [0.4, 0.5) is 9.59 Å². The minimum absolute atomic E-state index is 0.228. The average molecular weight is 688 g/mol. The van der Waals surface area contributed by atoms with Crippen molar-refractivity contribution in [3.63, 3.8) is 0 Å². The Kier molecular flexibility index (Phi) is 12.2. The van der Waals surface area contributed by atoms with Crippen LogP contribution in [0.15, 0.2) is 60.2 Å². The molecule has 11 heteroatoms. The molecule has 272 valence electrons. The zero-order valence-electron chi connectivity index (χ0n) is 32.0. The normalized spacial score (nSPS) is 15.6. The standard InChI is InChI=1S/C35H45N7O4.2C2H6/c1-23-13-28(31-16-36-22-40(31)17-23)29-21-41(38-37-29)19-25-11-12-26-15-27(42(30(26)14-25)33(44)46-35(5,6)7)20-39(18-24-9-8-10-24)32(43)45-34(2,3)4;2*1-2/h11-17,21,24,36H,8-10,18-20,22H2,1-7H3;2*1-2H3. The quantitative estimate of drug-likeness (QED) is 0.263. The Morgan fingerprint density at radius 2 is 1.70 bits per heavy atom. The highest BCUT2D eigenvalue weighted by Gasteiger charge is 2.30. The van der Waals surface area contributed by atoms with Gasteiger partial charge in [0.05, 0.1) is 37.2 Å². The molecule has 4 heterocycles. The monoisotopic (exact) mass is 687 g/mol. The van der Waals surface area contributed by atoms with E-state index in [0.29, 0.717) is 30.2 Å². The van der Waals surface area contributed by atoms with Crippen LogP contribution in [0.3, 0.4) is 0 Å². The van der Waals surface area contributed by atoms with Crippen molar-refractivity contribution in [1.29, 1.82) is 0 Å². The van der Waals surface area contributed by atoms with Crippen LogP contribution in [-0.2, 0) is 22.6 Å². The Labute approximate surface area is 298 Å². The summed E-state index contributed by atoms with van der Waals surface area (Å²) < 4.78 is 15.1. The number of fused-ring (bicyclic) bond motifs is 2. The number of amides is 1. The van der Waals surface area contributed by atoms with E-state index in [2.05, 4.69) is 39.7 Å². The number of rotatable bonds is 7. The number of carbonyl (C=O) groups excluding carboxylic acids is 2. The van der Waals surface area contributed by atoms with Crippen LogP contribution in [0.25, 0.3) is 16.5 Å². The molecule has 1 saturated carbocycles. The third kappa shape index (κ3) is 9.37. The largest absolute Gasteiger partial charge is 0.444 e. The van der Waals surface area contributed by atoms with E-state index in [0.717, 1.165) is 53.0 Å². The number of hydrogen-bond acceptors (Lipinski definition) is 8. The lowest BCUT2D eigenvalue weighted by atomic mass is 9.85. The van der Waals surface area contributed by atoms with Crippen molar-refractivity contribution in [2.45, 2.75) is 120 Å². The average Bonchev–Trinajstić information content (AvgIpc) is 3.76. The van der Waals surface area contributed by atoms with Crippen molar-refractivity contribution >= 4 is 28.7 Å². The van der Waals surface area contributed by atoms with Gasteiger partial charge in [-0.3, -0.25) is 0 Å². The number of hydrogen-bond donors (Lipinski definition) is 1. The lowest BCUT2D eigenvalue weighted by Gasteiger charge is -2.33. The number of allylic oxidation sites excluding steroid dienone is 3. The predicted molar refractivity (Wildman–Crippen MR) is 199 cm³/mol. The lowest BCUT2D eigenvalue weighted by Crippen LogP contribution is -2.41. The molecule has 11 nitrogen and oxygen atoms in total. The van der Waals surface area contributed by atoms with E-state index in [1.165, 1.54) is 6.42 Å². The van der Waals surface area contributed by atoms with Gasteiger partial charge < -0.3 is 24.6 Å². The summed E-state index contributed by atoms with van der Waals surface area (Å²) in [7, 11) is 0. The molecule has 3 aromatic rings. The molecule has 0 saturated heterocycles. The summed E-state index contributed by atoms with van der Waals surface area (Å²) in [5.41, 5.74) is 5.04. The van der Waals surface area contributed by atoms with Gasteiger partial charge in [-0.25, -0.2) is 18.8 Å². The second kappa shape index (κ2) is 16.0. The molecule has 1 aromatic carbocycles. The minimum atomic E-state index is -0.697. The summed E-state index contributed by atoms with van der Waals surface area (Å²) in [6.45, 7) is 23.2. The Morgan fingerprint density at radius 1 is 1.00 bits per heavy atom. The first-order chi connectivity index (χ1) is 23.7. The van der Waals surface area contributed by atoms with E-state index in [4.69, 9.17) is 9.47 Å². The highest BCUT2D eigenvalue weighted by molar-refractivity contribution is 5.91. The summed E-state index contributed by atoms with van der Waals surface area (Å²) in [6.07, 6.45) is 10.7. The van der Waals surface area contributed by atoms with Crippen molar-refractivity contribution in [2.75, 3.05) is 13.2 Å². The number of nitrogens with one attached hydrogen (secondary N) is 1. The zero-order valence-corrected chi connectivity index (χ0v) is 32.0. The summed E-state index contributed by atoms with van der Waals surface area (Å²) in [4.78, 5) is 31.0. The van der Waals surface area contributed by atoms with E-state index in [-0.39, 0.29) is 12.6 Å². The summed E-state index contributed by atoms with van der Waals surface area (Å²) >= 11 is 0. The van der Waals surface area contributed by atoms with Gasteiger partial charge in [-0.15, -0.1) is 5.10 Å². The Balaban J connectivity index is 0.00000136. The van der Waals surface area contributed by atoms with Crippen molar-refractivity contribution in [3.05, 3.63) is 77.2 Å². The number of ether oxygens (including phenoxy) is 2. The van der Waals surface area contributed by atoms with Crippen LogP contribution in [0.2, 0.25) is 0 Å². The van der Waals surface area contributed by atoms with Gasteiger partial charge in [0.2, 0.25) is 0 Å². The van der Waals surface area contributed by atoms with Crippen molar-refractivity contribution in [1.82, 2.24) is 34.7 Å². The molecule has 0 atom stereocenters. The van der Waals surface area contributed by atoms with E-state index in [1.807, 2.05) is 111 Å². The van der Waals surface area contributed by atoms with Gasteiger partial charge in [-0.05, 0) is 96.6 Å². The van der Waals surface area contributed by atoms with Crippen molar-refractivity contribution < 1.29 is 19.1 Å². The van der Waals surface area contributed by atoms with Gasteiger partial charge in [-0.2, -0.15) is 0 Å². The number of nitrogens with zero attached hydrogens (tertiary/aromatic N) is 6.